The molecule has 0 unspecified atom stereocenters. The normalized spacial score (nSPS) is 25.2. The van der Waals surface area contributed by atoms with Crippen molar-refractivity contribution in [3.63, 3.8) is 0 Å². The summed E-state index contributed by atoms with van der Waals surface area (Å²) in [5.41, 5.74) is 1.25. The Labute approximate surface area is 204 Å². The van der Waals surface area contributed by atoms with Crippen LogP contribution in [0.5, 0.6) is 11.5 Å². The van der Waals surface area contributed by atoms with Gasteiger partial charge in [0, 0.05) is 23.7 Å². The maximum Gasteiger partial charge on any atom is 0.261 e. The molecule has 2 heterocycles. The first-order valence-electron chi connectivity index (χ1n) is 11.9. The number of ether oxygens (including phenoxy) is 3. The van der Waals surface area contributed by atoms with Crippen molar-refractivity contribution in [2.45, 2.75) is 54.8 Å². The van der Waals surface area contributed by atoms with Gasteiger partial charge >= 0.3 is 0 Å². The van der Waals surface area contributed by atoms with E-state index in [4.69, 9.17) is 14.2 Å². The summed E-state index contributed by atoms with van der Waals surface area (Å²) >= 11 is 0. The zero-order valence-corrected chi connectivity index (χ0v) is 20.3. The van der Waals surface area contributed by atoms with E-state index >= 15 is 0 Å². The van der Waals surface area contributed by atoms with Crippen LogP contribution in [0.4, 0.5) is 5.69 Å². The van der Waals surface area contributed by atoms with Gasteiger partial charge in [-0.15, -0.1) is 0 Å². The SMILES string of the molecule is COc1ccc(S(=O)(=O)Nc2ccc3c(c2)[C@@H]2C[C@H](CC(=O)NCC4CC4)O[C@H](CO)[C@@H]2O3)cc1. The molecule has 1 saturated carbocycles. The molecule has 9 nitrogen and oxygen atoms in total. The van der Waals surface area contributed by atoms with Gasteiger partial charge < -0.3 is 24.6 Å². The van der Waals surface area contributed by atoms with E-state index in [-0.39, 0.29) is 35.9 Å². The highest BCUT2D eigenvalue weighted by Crippen LogP contribution is 2.47. The Kier molecular flexibility index (Phi) is 6.61. The molecule has 3 aliphatic rings. The monoisotopic (exact) mass is 502 g/mol. The lowest BCUT2D eigenvalue weighted by molar-refractivity contribution is -0.142. The summed E-state index contributed by atoms with van der Waals surface area (Å²) in [5, 5.41) is 12.9. The van der Waals surface area contributed by atoms with Crippen LogP contribution >= 0.6 is 0 Å². The molecule has 2 aromatic carbocycles. The maximum atomic E-state index is 12.9. The number of carbonyl (C=O) groups is 1. The van der Waals surface area contributed by atoms with Crippen LogP contribution in [-0.2, 0) is 19.6 Å². The number of sulfonamides is 1. The molecule has 1 amide bonds. The van der Waals surface area contributed by atoms with E-state index in [1.165, 1.54) is 19.2 Å². The number of hydrogen-bond donors (Lipinski definition) is 3. The minimum atomic E-state index is -3.80. The van der Waals surface area contributed by atoms with E-state index in [1.807, 2.05) is 0 Å². The number of hydrogen-bond acceptors (Lipinski definition) is 7. The molecule has 2 fully saturated rings. The average Bonchev–Trinajstić information content (AvgIpc) is 3.62. The quantitative estimate of drug-likeness (QED) is 0.481. The maximum absolute atomic E-state index is 12.9. The standard InChI is InChI=1S/C25H30N2O7S/c1-32-17-5-7-19(8-6-17)35(30,31)27-16-4-9-22-20(10-16)21-11-18(33-23(14-28)25(21)34-22)12-24(29)26-13-15-2-3-15/h4-10,15,18,21,23,25,27-28H,2-3,11-14H2,1H3,(H,26,29)/t18-,21+,23-,25-/m1/s1. The van der Waals surface area contributed by atoms with Gasteiger partial charge in [0.2, 0.25) is 5.91 Å². The molecule has 1 saturated heterocycles. The molecule has 0 radical (unpaired) electrons. The second-order valence-electron chi connectivity index (χ2n) is 9.39. The summed E-state index contributed by atoms with van der Waals surface area (Å²) in [6.45, 7) is 0.469. The number of aliphatic hydroxyl groups excluding tert-OH is 1. The van der Waals surface area contributed by atoms with Crippen LogP contribution < -0.4 is 19.5 Å². The van der Waals surface area contributed by atoms with Crippen molar-refractivity contribution in [3.8, 4) is 11.5 Å². The largest absolute Gasteiger partial charge is 0.497 e. The number of amides is 1. The van der Waals surface area contributed by atoms with Gasteiger partial charge in [0.25, 0.3) is 10.0 Å². The van der Waals surface area contributed by atoms with Crippen molar-refractivity contribution >= 4 is 21.6 Å². The summed E-state index contributed by atoms with van der Waals surface area (Å²) in [4.78, 5) is 12.5. The molecular formula is C25H30N2O7S. The first-order chi connectivity index (χ1) is 16.9. The fourth-order valence-corrected chi connectivity index (χ4v) is 5.83. The molecule has 188 valence electrons. The highest BCUT2D eigenvalue weighted by molar-refractivity contribution is 7.92. The number of anilines is 1. The van der Waals surface area contributed by atoms with E-state index in [1.54, 1.807) is 30.3 Å². The Morgan fingerprint density at radius 1 is 1.17 bits per heavy atom. The van der Waals surface area contributed by atoms with Crippen LogP contribution in [0, 0.1) is 5.92 Å². The van der Waals surface area contributed by atoms with E-state index in [2.05, 4.69) is 10.0 Å². The lowest BCUT2D eigenvalue weighted by Gasteiger charge is -2.37. The Morgan fingerprint density at radius 3 is 2.63 bits per heavy atom. The lowest BCUT2D eigenvalue weighted by Crippen LogP contribution is -2.47. The summed E-state index contributed by atoms with van der Waals surface area (Å²) in [6.07, 6.45) is 1.76. The van der Waals surface area contributed by atoms with Crippen LogP contribution in [0.1, 0.15) is 37.2 Å². The molecule has 0 bridgehead atoms. The predicted molar refractivity (Wildman–Crippen MR) is 128 cm³/mol. The van der Waals surface area contributed by atoms with Crippen molar-refractivity contribution in [3.05, 3.63) is 48.0 Å². The Hall–Kier alpha value is -2.82. The van der Waals surface area contributed by atoms with Crippen molar-refractivity contribution in [1.82, 2.24) is 5.32 Å². The van der Waals surface area contributed by atoms with Gasteiger partial charge in [-0.25, -0.2) is 8.42 Å². The van der Waals surface area contributed by atoms with Gasteiger partial charge in [-0.05, 0) is 67.6 Å². The molecule has 35 heavy (non-hydrogen) atoms. The van der Waals surface area contributed by atoms with Gasteiger partial charge in [0.15, 0.2) is 0 Å². The predicted octanol–water partition coefficient (Wildman–Crippen LogP) is 2.41. The van der Waals surface area contributed by atoms with Crippen LogP contribution in [0.25, 0.3) is 0 Å². The topological polar surface area (TPSA) is 123 Å². The highest BCUT2D eigenvalue weighted by atomic mass is 32.2. The molecule has 0 aromatic heterocycles. The number of fused-ring (bicyclic) bond motifs is 3. The molecule has 5 rings (SSSR count). The third-order valence-electron chi connectivity index (χ3n) is 6.82. The molecule has 0 spiro atoms. The number of methoxy groups -OCH3 is 1. The minimum Gasteiger partial charge on any atom is -0.497 e. The van der Waals surface area contributed by atoms with Crippen molar-refractivity contribution in [1.29, 1.82) is 0 Å². The number of aliphatic hydroxyl groups is 1. The zero-order chi connectivity index (χ0) is 24.6. The Morgan fingerprint density at radius 2 is 1.94 bits per heavy atom. The molecule has 1 aliphatic carbocycles. The third-order valence-corrected chi connectivity index (χ3v) is 8.22. The van der Waals surface area contributed by atoms with Crippen LogP contribution in [0.15, 0.2) is 47.4 Å². The molecule has 2 aliphatic heterocycles. The van der Waals surface area contributed by atoms with E-state index in [0.29, 0.717) is 36.1 Å². The van der Waals surface area contributed by atoms with E-state index in [0.717, 1.165) is 18.4 Å². The molecule has 3 N–H and O–H groups in total. The van der Waals surface area contributed by atoms with Crippen molar-refractivity contribution in [2.75, 3.05) is 25.0 Å². The van der Waals surface area contributed by atoms with E-state index in [9.17, 15) is 18.3 Å². The number of benzene rings is 2. The fourth-order valence-electron chi connectivity index (χ4n) is 4.78. The first-order valence-corrected chi connectivity index (χ1v) is 13.3. The number of nitrogens with one attached hydrogen (secondary N) is 2. The summed E-state index contributed by atoms with van der Waals surface area (Å²) < 4.78 is 45.6. The highest BCUT2D eigenvalue weighted by Gasteiger charge is 2.46. The Bertz CT molecular complexity index is 1180. The summed E-state index contributed by atoms with van der Waals surface area (Å²) in [7, 11) is -2.28. The minimum absolute atomic E-state index is 0.0582. The van der Waals surface area contributed by atoms with Crippen LogP contribution in [0.2, 0.25) is 0 Å². The average molecular weight is 503 g/mol. The Balaban J connectivity index is 1.31. The molecular weight excluding hydrogens is 472 g/mol. The lowest BCUT2D eigenvalue weighted by atomic mass is 9.84. The molecule has 10 heteroatoms. The summed E-state index contributed by atoms with van der Waals surface area (Å²) in [5.74, 6) is 1.61. The van der Waals surface area contributed by atoms with Crippen molar-refractivity contribution < 1.29 is 32.5 Å². The van der Waals surface area contributed by atoms with Crippen LogP contribution in [0.3, 0.4) is 0 Å². The second kappa shape index (κ2) is 9.67. The van der Waals surface area contributed by atoms with Crippen molar-refractivity contribution in [2.24, 2.45) is 5.92 Å². The second-order valence-corrected chi connectivity index (χ2v) is 11.1. The fraction of sp³-hybridized carbons (Fsp3) is 0.480. The van der Waals surface area contributed by atoms with Crippen LogP contribution in [-0.4, -0.2) is 58.0 Å². The number of carbonyl (C=O) groups excluding carboxylic acids is 1. The van der Waals surface area contributed by atoms with Gasteiger partial charge in [-0.1, -0.05) is 0 Å². The first kappa shape index (κ1) is 23.9. The molecule has 4 atom stereocenters. The number of rotatable bonds is 9. The summed E-state index contributed by atoms with van der Waals surface area (Å²) in [6, 6.07) is 11.3. The zero-order valence-electron chi connectivity index (χ0n) is 19.5. The van der Waals surface area contributed by atoms with Gasteiger partial charge in [0.1, 0.15) is 23.7 Å². The third kappa shape index (κ3) is 5.24. The van der Waals surface area contributed by atoms with E-state index < -0.39 is 22.2 Å². The van der Waals surface area contributed by atoms with Gasteiger partial charge in [-0.2, -0.15) is 0 Å². The molecule has 2 aromatic rings. The van der Waals surface area contributed by atoms with Gasteiger partial charge in [0.05, 0.1) is 31.1 Å². The van der Waals surface area contributed by atoms with Gasteiger partial charge in [-0.3, -0.25) is 9.52 Å². The smallest absolute Gasteiger partial charge is 0.261 e.